The fourth-order valence-corrected chi connectivity index (χ4v) is 2.69. The Kier molecular flexibility index (Phi) is 4.70. The predicted molar refractivity (Wildman–Crippen MR) is 81.3 cm³/mol. The van der Waals surface area contributed by atoms with Crippen molar-refractivity contribution >= 4 is 22.8 Å². The van der Waals surface area contributed by atoms with Crippen LogP contribution in [-0.4, -0.2) is 32.5 Å². The van der Waals surface area contributed by atoms with Gasteiger partial charge in [-0.25, -0.2) is 4.98 Å². The number of alkyl halides is 1. The SMILES string of the molecule is CCOCC(C)n1c(C(C)Cl)nc2c(CC)nn(C)c21. The molecule has 0 saturated heterocycles. The van der Waals surface area contributed by atoms with Crippen LogP contribution in [0.25, 0.3) is 11.2 Å². The number of fused-ring (bicyclic) bond motifs is 1. The third kappa shape index (κ3) is 2.56. The number of aryl methyl sites for hydroxylation is 2. The first-order valence-electron chi connectivity index (χ1n) is 7.16. The first kappa shape index (κ1) is 15.3. The summed E-state index contributed by atoms with van der Waals surface area (Å²) in [5.41, 5.74) is 3.00. The lowest BCUT2D eigenvalue weighted by atomic mass is 10.3. The van der Waals surface area contributed by atoms with Gasteiger partial charge in [0.2, 0.25) is 0 Å². The Morgan fingerprint density at radius 2 is 2.00 bits per heavy atom. The second kappa shape index (κ2) is 6.14. The maximum absolute atomic E-state index is 6.31. The number of nitrogens with zero attached hydrogens (tertiary/aromatic N) is 4. The molecule has 2 unspecified atom stereocenters. The minimum absolute atomic E-state index is 0.142. The van der Waals surface area contributed by atoms with Crippen molar-refractivity contribution in [2.75, 3.05) is 13.2 Å². The zero-order valence-corrected chi connectivity index (χ0v) is 13.6. The van der Waals surface area contributed by atoms with E-state index in [1.165, 1.54) is 0 Å². The van der Waals surface area contributed by atoms with E-state index in [9.17, 15) is 0 Å². The Morgan fingerprint density at radius 3 is 2.55 bits per heavy atom. The molecule has 0 radical (unpaired) electrons. The van der Waals surface area contributed by atoms with Crippen LogP contribution in [0.1, 0.15) is 50.6 Å². The first-order valence-corrected chi connectivity index (χ1v) is 7.60. The average molecular weight is 299 g/mol. The third-order valence-corrected chi connectivity index (χ3v) is 3.65. The van der Waals surface area contributed by atoms with Gasteiger partial charge >= 0.3 is 0 Å². The molecule has 0 amide bonds. The normalized spacial score (nSPS) is 14.9. The smallest absolute Gasteiger partial charge is 0.159 e. The van der Waals surface area contributed by atoms with Crippen LogP contribution >= 0.6 is 11.6 Å². The molecule has 0 N–H and O–H groups in total. The Balaban J connectivity index is 2.59. The Labute approximate surface area is 124 Å². The Hall–Kier alpha value is -1.07. The fraction of sp³-hybridized carbons (Fsp3) is 0.714. The molecule has 0 bridgehead atoms. The standard InChI is InChI=1S/C14H23ClN4O/c1-6-11-12-14(18(5)17-11)19(9(3)8-20-7-2)13(16-12)10(4)15/h9-10H,6-8H2,1-5H3. The van der Waals surface area contributed by atoms with E-state index in [1.54, 1.807) is 0 Å². The van der Waals surface area contributed by atoms with Gasteiger partial charge in [-0.2, -0.15) is 5.10 Å². The molecule has 0 aromatic carbocycles. The molecular weight excluding hydrogens is 276 g/mol. The van der Waals surface area contributed by atoms with Crippen molar-refractivity contribution < 1.29 is 4.74 Å². The summed E-state index contributed by atoms with van der Waals surface area (Å²) in [4.78, 5) is 4.73. The maximum Gasteiger partial charge on any atom is 0.159 e. The molecule has 2 atom stereocenters. The molecule has 0 spiro atoms. The van der Waals surface area contributed by atoms with Crippen molar-refractivity contribution in [1.82, 2.24) is 19.3 Å². The summed E-state index contributed by atoms with van der Waals surface area (Å²) in [6.07, 6.45) is 0.865. The Morgan fingerprint density at radius 1 is 1.30 bits per heavy atom. The van der Waals surface area contributed by atoms with Gasteiger partial charge in [0, 0.05) is 13.7 Å². The van der Waals surface area contributed by atoms with Crippen molar-refractivity contribution in [3.05, 3.63) is 11.5 Å². The van der Waals surface area contributed by atoms with E-state index >= 15 is 0 Å². The quantitative estimate of drug-likeness (QED) is 0.769. The fourth-order valence-electron chi connectivity index (χ4n) is 2.54. The largest absolute Gasteiger partial charge is 0.380 e. The van der Waals surface area contributed by atoms with E-state index < -0.39 is 0 Å². The highest BCUT2D eigenvalue weighted by atomic mass is 35.5. The van der Waals surface area contributed by atoms with E-state index in [4.69, 9.17) is 21.3 Å². The van der Waals surface area contributed by atoms with Crippen LogP contribution in [0.15, 0.2) is 0 Å². The Bertz CT molecular complexity index is 588. The molecule has 0 aliphatic carbocycles. The molecular formula is C14H23ClN4O. The number of aromatic nitrogens is 4. The summed E-state index contributed by atoms with van der Waals surface area (Å²) in [5.74, 6) is 0.886. The summed E-state index contributed by atoms with van der Waals surface area (Å²) < 4.78 is 9.61. The highest BCUT2D eigenvalue weighted by molar-refractivity contribution is 6.20. The predicted octanol–water partition coefficient (Wildman–Crippen LogP) is 3.23. The van der Waals surface area contributed by atoms with Gasteiger partial charge in [0.15, 0.2) is 5.65 Å². The van der Waals surface area contributed by atoms with Crippen molar-refractivity contribution in [1.29, 1.82) is 0 Å². The zero-order chi connectivity index (χ0) is 14.9. The molecule has 0 aliphatic heterocycles. The minimum atomic E-state index is -0.142. The lowest BCUT2D eigenvalue weighted by Crippen LogP contribution is -2.17. The van der Waals surface area contributed by atoms with Crippen LogP contribution in [0.3, 0.4) is 0 Å². The molecule has 20 heavy (non-hydrogen) atoms. The summed E-state index contributed by atoms with van der Waals surface area (Å²) in [7, 11) is 1.95. The summed E-state index contributed by atoms with van der Waals surface area (Å²) in [6, 6.07) is 0.177. The van der Waals surface area contributed by atoms with Crippen LogP contribution in [0, 0.1) is 0 Å². The van der Waals surface area contributed by atoms with Gasteiger partial charge in [0.05, 0.1) is 23.7 Å². The minimum Gasteiger partial charge on any atom is -0.380 e. The molecule has 6 heteroatoms. The second-order valence-corrected chi connectivity index (χ2v) is 5.72. The van der Waals surface area contributed by atoms with E-state index in [-0.39, 0.29) is 11.4 Å². The molecule has 2 aromatic heterocycles. The van der Waals surface area contributed by atoms with Crippen LogP contribution < -0.4 is 0 Å². The molecule has 0 saturated carbocycles. The monoisotopic (exact) mass is 298 g/mol. The number of imidazole rings is 1. The van der Waals surface area contributed by atoms with Gasteiger partial charge < -0.3 is 9.30 Å². The van der Waals surface area contributed by atoms with E-state index in [0.717, 1.165) is 29.1 Å². The molecule has 112 valence electrons. The van der Waals surface area contributed by atoms with Gasteiger partial charge in [0.25, 0.3) is 0 Å². The number of rotatable bonds is 6. The average Bonchev–Trinajstić information content (AvgIpc) is 2.94. The third-order valence-electron chi connectivity index (χ3n) is 3.46. The van der Waals surface area contributed by atoms with E-state index in [2.05, 4.69) is 23.5 Å². The number of halogens is 1. The highest BCUT2D eigenvalue weighted by Gasteiger charge is 2.23. The number of ether oxygens (including phenoxy) is 1. The van der Waals surface area contributed by atoms with Gasteiger partial charge in [-0.15, -0.1) is 11.6 Å². The molecule has 0 fully saturated rings. The van der Waals surface area contributed by atoms with Crippen LogP contribution in [0.5, 0.6) is 0 Å². The van der Waals surface area contributed by atoms with Gasteiger partial charge in [-0.1, -0.05) is 6.92 Å². The molecule has 0 aliphatic rings. The van der Waals surface area contributed by atoms with Crippen LogP contribution in [-0.2, 0) is 18.2 Å². The van der Waals surface area contributed by atoms with E-state index in [0.29, 0.717) is 13.2 Å². The van der Waals surface area contributed by atoms with Gasteiger partial charge in [0.1, 0.15) is 11.3 Å². The summed E-state index contributed by atoms with van der Waals surface area (Å²) in [5, 5.41) is 4.40. The summed E-state index contributed by atoms with van der Waals surface area (Å²) in [6.45, 7) is 9.52. The maximum atomic E-state index is 6.31. The molecule has 2 heterocycles. The summed E-state index contributed by atoms with van der Waals surface area (Å²) >= 11 is 6.31. The van der Waals surface area contributed by atoms with Gasteiger partial charge in [-0.3, -0.25) is 4.68 Å². The van der Waals surface area contributed by atoms with Crippen molar-refractivity contribution in [3.8, 4) is 0 Å². The number of hydrogen-bond donors (Lipinski definition) is 0. The zero-order valence-electron chi connectivity index (χ0n) is 12.9. The van der Waals surface area contributed by atoms with Crippen molar-refractivity contribution in [2.45, 2.75) is 45.5 Å². The second-order valence-electron chi connectivity index (χ2n) is 5.06. The molecule has 2 aromatic rings. The lowest BCUT2D eigenvalue weighted by Gasteiger charge is -2.18. The first-order chi connectivity index (χ1) is 9.51. The number of hydrogen-bond acceptors (Lipinski definition) is 3. The van der Waals surface area contributed by atoms with Crippen molar-refractivity contribution in [3.63, 3.8) is 0 Å². The topological polar surface area (TPSA) is 44.9 Å². The van der Waals surface area contributed by atoms with Crippen LogP contribution in [0.2, 0.25) is 0 Å². The lowest BCUT2D eigenvalue weighted by molar-refractivity contribution is 0.119. The van der Waals surface area contributed by atoms with Crippen molar-refractivity contribution in [2.24, 2.45) is 7.05 Å². The highest BCUT2D eigenvalue weighted by Crippen LogP contribution is 2.29. The van der Waals surface area contributed by atoms with Crippen LogP contribution in [0.4, 0.5) is 0 Å². The van der Waals surface area contributed by atoms with E-state index in [1.807, 2.05) is 25.6 Å². The van der Waals surface area contributed by atoms with Gasteiger partial charge in [-0.05, 0) is 27.2 Å². The molecule has 5 nitrogen and oxygen atoms in total. The molecule has 2 rings (SSSR count).